The van der Waals surface area contributed by atoms with E-state index in [1.165, 1.54) is 21.6 Å². The minimum atomic E-state index is 0. The number of rotatable bonds is 0. The molecule has 0 aromatic rings. The molecule has 0 bridgehead atoms. The maximum Gasteiger partial charge on any atom is 2.00 e. The largest absolute Gasteiger partial charge is 2.00 e. The second-order valence-corrected chi connectivity index (χ2v) is 1.10. The van der Waals surface area contributed by atoms with E-state index in [2.05, 4.69) is 50.5 Å². The van der Waals surface area contributed by atoms with Crippen molar-refractivity contribution < 1.29 is 40.8 Å². The van der Waals surface area contributed by atoms with Gasteiger partial charge in [-0.15, -0.1) is 0 Å². The summed E-state index contributed by atoms with van der Waals surface area (Å²) in [7, 11) is 0. The van der Waals surface area contributed by atoms with Gasteiger partial charge in [-0.1, -0.05) is 21.6 Å². The summed E-state index contributed by atoms with van der Waals surface area (Å²) in [6.45, 7) is 0. The molecule has 0 aromatic carbocycles. The third-order valence-corrected chi connectivity index (χ3v) is 0. The minimum Gasteiger partial charge on any atom is -0.696 e. The van der Waals surface area contributed by atoms with Crippen LogP contribution < -0.4 is 0 Å². The van der Waals surface area contributed by atoms with E-state index in [4.69, 9.17) is 21.0 Å². The zero-order valence-electron chi connectivity index (χ0n) is 6.05. The van der Waals surface area contributed by atoms with Gasteiger partial charge in [0.25, 0.3) is 0 Å². The fourth-order valence-electron chi connectivity index (χ4n) is 0. The monoisotopic (exact) mass is 444 g/mol. The number of thiocyanates is 4. The third-order valence-electron chi connectivity index (χ3n) is 0. The van der Waals surface area contributed by atoms with Crippen molar-refractivity contribution in [3.05, 3.63) is 0 Å². The Bertz CT molecular complexity index is 161. The average molecular weight is 445 g/mol. The van der Waals surface area contributed by atoms with Gasteiger partial charge >= 0.3 is 40.8 Å². The zero-order chi connectivity index (χ0) is 10.8. The number of hydrogen-bond donors (Lipinski definition) is 0. The number of nitriles is 4. The Labute approximate surface area is 133 Å². The maximum atomic E-state index is 7.13. The predicted molar refractivity (Wildman–Crippen MR) is 51.9 cm³/mol. The molecule has 0 unspecified atom stereocenters. The summed E-state index contributed by atoms with van der Waals surface area (Å²) in [5.74, 6) is 0. The van der Waals surface area contributed by atoms with Crippen LogP contribution in [0.4, 0.5) is 0 Å². The summed E-state index contributed by atoms with van der Waals surface area (Å²) in [5, 5.41) is 33.9. The summed E-state index contributed by atoms with van der Waals surface area (Å²) in [5.41, 5.74) is 0. The first-order valence-corrected chi connectivity index (χ1v) is 3.34. The number of nitrogens with zero attached hydrogens (tertiary/aromatic N) is 4. The molecule has 0 aliphatic rings. The Morgan fingerprint density at radius 1 is 0.500 bits per heavy atom. The van der Waals surface area contributed by atoms with Crippen molar-refractivity contribution in [1.29, 1.82) is 21.0 Å². The van der Waals surface area contributed by atoms with E-state index in [1.54, 1.807) is 0 Å². The van der Waals surface area contributed by atoms with Crippen LogP contribution in [-0.4, -0.2) is 0 Å². The molecular weight excluding hydrogens is 445 g/mol. The van der Waals surface area contributed by atoms with Crippen molar-refractivity contribution in [2.45, 2.75) is 0 Å². The number of hydrogen-bond acceptors (Lipinski definition) is 8. The normalized spacial score (nSPS) is 2.00. The maximum absolute atomic E-state index is 7.13. The standard InChI is InChI=1S/4CHNS.2Pd/c4*2-1-3;;/h4*3H;;/q;;;;2*+2/p-4. The summed E-state index contributed by atoms with van der Waals surface area (Å²) in [6.07, 6.45) is 0. The zero-order valence-corrected chi connectivity index (χ0v) is 12.4. The van der Waals surface area contributed by atoms with E-state index in [0.29, 0.717) is 0 Å². The van der Waals surface area contributed by atoms with Crippen molar-refractivity contribution in [3.8, 4) is 21.6 Å². The third kappa shape index (κ3) is 55900. The van der Waals surface area contributed by atoms with Gasteiger partial charge in [0.2, 0.25) is 0 Å². The first-order chi connectivity index (χ1) is 5.66. The molecule has 0 rings (SSSR count). The van der Waals surface area contributed by atoms with Crippen molar-refractivity contribution in [2.75, 3.05) is 0 Å². The molecule has 4 nitrogen and oxygen atoms in total. The molecule has 0 amide bonds. The smallest absolute Gasteiger partial charge is 0.696 e. The molecule has 0 fully saturated rings. The minimum absolute atomic E-state index is 0. The van der Waals surface area contributed by atoms with Crippen LogP contribution in [0.3, 0.4) is 0 Å². The Morgan fingerprint density at radius 2 is 0.500 bits per heavy atom. The summed E-state index contributed by atoms with van der Waals surface area (Å²) >= 11 is 14.8. The van der Waals surface area contributed by atoms with E-state index in [-0.39, 0.29) is 40.8 Å². The van der Waals surface area contributed by atoms with Gasteiger partial charge in [0, 0.05) is 0 Å². The summed E-state index contributed by atoms with van der Waals surface area (Å²) < 4.78 is 0. The van der Waals surface area contributed by atoms with Gasteiger partial charge in [-0.05, 0) is 0 Å². The molecule has 0 radical (unpaired) electrons. The van der Waals surface area contributed by atoms with Gasteiger partial charge in [-0.25, -0.2) is 21.0 Å². The molecule has 0 saturated carbocycles. The molecule has 0 heterocycles. The molecule has 80 valence electrons. The van der Waals surface area contributed by atoms with E-state index < -0.39 is 0 Å². The van der Waals surface area contributed by atoms with Gasteiger partial charge in [-0.2, -0.15) is 0 Å². The van der Waals surface area contributed by atoms with Gasteiger partial charge in [0.05, 0.1) is 0 Å². The Balaban J connectivity index is -0.0000000145. The van der Waals surface area contributed by atoms with E-state index in [0.717, 1.165) is 0 Å². The molecule has 14 heavy (non-hydrogen) atoms. The predicted octanol–water partition coefficient (Wildman–Crippen LogP) is 0.0525. The fraction of sp³-hybridized carbons (Fsp3) is 0. The molecule has 0 aromatic heterocycles. The second-order valence-electron chi connectivity index (χ2n) is 0.365. The van der Waals surface area contributed by atoms with Crippen LogP contribution in [0, 0.1) is 42.7 Å². The quantitative estimate of drug-likeness (QED) is 0.294. The SMILES string of the molecule is N#C[S-].N#C[S-].N#C[S-].N#C[S-].[Pd+2].[Pd+2]. The molecule has 0 aliphatic carbocycles. The van der Waals surface area contributed by atoms with E-state index in [1.807, 2.05) is 0 Å². The van der Waals surface area contributed by atoms with Crippen molar-refractivity contribution in [1.82, 2.24) is 0 Å². The summed E-state index contributed by atoms with van der Waals surface area (Å²) in [4.78, 5) is 0. The second kappa shape index (κ2) is 112. The molecule has 0 saturated heterocycles. The van der Waals surface area contributed by atoms with Crippen molar-refractivity contribution >= 4 is 50.5 Å². The van der Waals surface area contributed by atoms with Crippen LogP contribution in [0.15, 0.2) is 0 Å². The Hall–Kier alpha value is 0.165. The molecule has 0 atom stereocenters. The Morgan fingerprint density at radius 3 is 0.500 bits per heavy atom. The van der Waals surface area contributed by atoms with Crippen molar-refractivity contribution in [3.63, 3.8) is 0 Å². The van der Waals surface area contributed by atoms with Crippen LogP contribution >= 0.6 is 0 Å². The fourth-order valence-corrected chi connectivity index (χ4v) is 0. The molecule has 0 aliphatic heterocycles. The Kier molecular flexibility index (Phi) is 295. The van der Waals surface area contributed by atoms with E-state index >= 15 is 0 Å². The molecule has 0 spiro atoms. The van der Waals surface area contributed by atoms with Gasteiger partial charge in [-0.3, -0.25) is 0 Å². The average Bonchev–Trinajstić information content (AvgIpc) is 1.92. The van der Waals surface area contributed by atoms with Crippen LogP contribution in [-0.2, 0) is 91.4 Å². The first kappa shape index (κ1) is 36.8. The van der Waals surface area contributed by atoms with Gasteiger partial charge in [0.1, 0.15) is 0 Å². The topological polar surface area (TPSA) is 95.2 Å². The van der Waals surface area contributed by atoms with Crippen LogP contribution in [0.5, 0.6) is 0 Å². The van der Waals surface area contributed by atoms with Crippen molar-refractivity contribution in [2.24, 2.45) is 0 Å². The van der Waals surface area contributed by atoms with Gasteiger partial charge < -0.3 is 50.5 Å². The summed E-state index contributed by atoms with van der Waals surface area (Å²) in [6, 6.07) is 0. The first-order valence-electron chi connectivity index (χ1n) is 1.71. The molecule has 0 N–H and O–H groups in total. The van der Waals surface area contributed by atoms with E-state index in [9.17, 15) is 0 Å². The molecular formula is C4N4Pd2S4. The molecule has 10 heteroatoms. The van der Waals surface area contributed by atoms with Crippen LogP contribution in [0.2, 0.25) is 0 Å². The van der Waals surface area contributed by atoms with Crippen LogP contribution in [0.1, 0.15) is 0 Å². The van der Waals surface area contributed by atoms with Gasteiger partial charge in [0.15, 0.2) is 0 Å². The van der Waals surface area contributed by atoms with Crippen LogP contribution in [0.25, 0.3) is 0 Å².